The zero-order valence-corrected chi connectivity index (χ0v) is 23.6. The summed E-state index contributed by atoms with van der Waals surface area (Å²) >= 11 is 0. The summed E-state index contributed by atoms with van der Waals surface area (Å²) in [5.41, 5.74) is 0.883. The number of ether oxygens (including phenoxy) is 2. The van der Waals surface area contributed by atoms with Crippen molar-refractivity contribution in [3.63, 3.8) is 0 Å². The number of carbonyl (C=O) groups is 1. The summed E-state index contributed by atoms with van der Waals surface area (Å²) in [6.45, 7) is -0.848. The van der Waals surface area contributed by atoms with Gasteiger partial charge in [0.05, 0.1) is 32.0 Å². The van der Waals surface area contributed by atoms with E-state index >= 15 is 0 Å². The van der Waals surface area contributed by atoms with Gasteiger partial charge in [0.2, 0.25) is 0 Å². The van der Waals surface area contributed by atoms with Gasteiger partial charge in [-0.1, -0.05) is 48.5 Å². The molecule has 1 heterocycles. The van der Waals surface area contributed by atoms with Gasteiger partial charge >= 0.3 is 0 Å². The molecular formula is C23H29NO12S3. The minimum atomic E-state index is -4.30. The van der Waals surface area contributed by atoms with E-state index in [0.29, 0.717) is 11.8 Å². The summed E-state index contributed by atoms with van der Waals surface area (Å²) in [6.07, 6.45) is -4.31. The second kappa shape index (κ2) is 12.8. The van der Waals surface area contributed by atoms with Crippen LogP contribution in [0.15, 0.2) is 60.7 Å². The molecular weight excluding hydrogens is 578 g/mol. The summed E-state index contributed by atoms with van der Waals surface area (Å²) in [5, 5.41) is 2.59. The van der Waals surface area contributed by atoms with Crippen LogP contribution in [-0.4, -0.2) is 87.2 Å². The lowest BCUT2D eigenvalue weighted by molar-refractivity contribution is -0.261. The van der Waals surface area contributed by atoms with Crippen molar-refractivity contribution in [2.75, 3.05) is 25.4 Å². The summed E-state index contributed by atoms with van der Waals surface area (Å²) in [5.74, 6) is -0.677. The highest BCUT2D eigenvalue weighted by molar-refractivity contribution is 7.86. The molecule has 3 rings (SSSR count). The van der Waals surface area contributed by atoms with Gasteiger partial charge in [-0.05, 0) is 17.7 Å². The van der Waals surface area contributed by atoms with Crippen LogP contribution in [-0.2, 0) is 59.0 Å². The van der Waals surface area contributed by atoms with E-state index in [1.54, 1.807) is 48.5 Å². The lowest BCUT2D eigenvalue weighted by atomic mass is 9.96. The lowest BCUT2D eigenvalue weighted by Crippen LogP contribution is -2.66. The molecule has 1 amide bonds. The van der Waals surface area contributed by atoms with E-state index in [1.807, 2.05) is 0 Å². The van der Waals surface area contributed by atoms with Crippen molar-refractivity contribution in [1.82, 2.24) is 5.32 Å². The zero-order valence-electron chi connectivity index (χ0n) is 21.2. The minimum absolute atomic E-state index is 0.0773. The van der Waals surface area contributed by atoms with E-state index in [-0.39, 0.29) is 12.2 Å². The van der Waals surface area contributed by atoms with Gasteiger partial charge in [0.15, 0.2) is 6.29 Å². The Morgan fingerprint density at radius 2 is 1.33 bits per heavy atom. The summed E-state index contributed by atoms with van der Waals surface area (Å²) in [6, 6.07) is 15.2. The van der Waals surface area contributed by atoms with Crippen molar-refractivity contribution in [3.8, 4) is 0 Å². The molecule has 1 fully saturated rings. The number of carbonyl (C=O) groups excluding carboxylic acids is 1. The van der Waals surface area contributed by atoms with Crippen molar-refractivity contribution in [3.05, 3.63) is 71.8 Å². The van der Waals surface area contributed by atoms with Gasteiger partial charge < -0.3 is 14.8 Å². The van der Waals surface area contributed by atoms with Crippen molar-refractivity contribution in [2.45, 2.75) is 37.3 Å². The van der Waals surface area contributed by atoms with Crippen molar-refractivity contribution >= 4 is 36.3 Å². The van der Waals surface area contributed by atoms with E-state index < -0.39 is 73.5 Å². The molecule has 1 aliphatic heterocycles. The molecule has 5 atom stereocenters. The first kappa shape index (κ1) is 31.1. The van der Waals surface area contributed by atoms with E-state index in [2.05, 4.69) is 5.32 Å². The second-order valence-electron chi connectivity index (χ2n) is 8.72. The fourth-order valence-corrected chi connectivity index (χ4v) is 5.39. The quantitative estimate of drug-likeness (QED) is 0.329. The highest BCUT2D eigenvalue weighted by Gasteiger charge is 2.52. The largest absolute Gasteiger partial charge is 0.346 e. The minimum Gasteiger partial charge on any atom is -0.346 e. The van der Waals surface area contributed by atoms with Gasteiger partial charge in [0.1, 0.15) is 24.4 Å². The molecule has 0 aliphatic carbocycles. The second-order valence-corrected chi connectivity index (χ2v) is 13.6. The fourth-order valence-electron chi connectivity index (χ4n) is 3.73. The predicted molar refractivity (Wildman–Crippen MR) is 138 cm³/mol. The maximum absolute atomic E-state index is 13.1. The summed E-state index contributed by atoms with van der Waals surface area (Å²) < 4.78 is 99.1. The standard InChI is InChI=1S/C23H29NO12S3/c1-37(26,27)33-15-18-20(35-38(2,28)29)21(36-39(3,30)31)19(24-22(25)17-12-8-5-9-13-17)23(34-18)32-14-16-10-6-4-7-11-16/h4-13,18-21,23H,14-15H2,1-3H3,(H,24,25)/t18-,19+,20+,21+,23+/m0/s1. The first-order valence-electron chi connectivity index (χ1n) is 11.4. The van der Waals surface area contributed by atoms with Crippen LogP contribution in [0, 0.1) is 0 Å². The van der Waals surface area contributed by atoms with Crippen LogP contribution >= 0.6 is 0 Å². The fraction of sp³-hybridized carbons (Fsp3) is 0.435. The smallest absolute Gasteiger partial charge is 0.264 e. The van der Waals surface area contributed by atoms with Gasteiger partial charge in [-0.2, -0.15) is 25.3 Å². The Labute approximate surface area is 227 Å². The first-order valence-corrected chi connectivity index (χ1v) is 16.8. The molecule has 0 aromatic heterocycles. The van der Waals surface area contributed by atoms with Crippen LogP contribution in [0.1, 0.15) is 15.9 Å². The van der Waals surface area contributed by atoms with Gasteiger partial charge in [-0.25, -0.2) is 0 Å². The molecule has 1 saturated heterocycles. The van der Waals surface area contributed by atoms with Crippen LogP contribution in [0.25, 0.3) is 0 Å². The average Bonchev–Trinajstić information content (AvgIpc) is 2.83. The molecule has 0 saturated carbocycles. The SMILES string of the molecule is CS(=O)(=O)OC[C@@H]1O[C@@H](OCc2ccccc2)[C@H](NC(=O)c2ccccc2)[C@@H](OS(C)(=O)=O)[C@@H]1OS(C)(=O)=O. The van der Waals surface area contributed by atoms with E-state index in [0.717, 1.165) is 12.5 Å². The molecule has 13 nitrogen and oxygen atoms in total. The third-order valence-electron chi connectivity index (χ3n) is 5.26. The number of rotatable bonds is 12. The summed E-state index contributed by atoms with van der Waals surface area (Å²) in [4.78, 5) is 13.1. The molecule has 216 valence electrons. The normalized spacial score (nSPS) is 24.2. The Morgan fingerprint density at radius 1 is 0.795 bits per heavy atom. The highest BCUT2D eigenvalue weighted by Crippen LogP contribution is 2.30. The average molecular weight is 608 g/mol. The number of benzene rings is 2. The topological polar surface area (TPSA) is 178 Å². The molecule has 16 heteroatoms. The van der Waals surface area contributed by atoms with E-state index in [1.165, 1.54) is 12.1 Å². The molecule has 1 aliphatic rings. The number of nitrogens with one attached hydrogen (secondary N) is 1. The van der Waals surface area contributed by atoms with Crippen LogP contribution in [0.4, 0.5) is 0 Å². The molecule has 1 N–H and O–H groups in total. The number of hydrogen-bond acceptors (Lipinski definition) is 12. The van der Waals surface area contributed by atoms with Crippen molar-refractivity contribution in [2.24, 2.45) is 0 Å². The maximum atomic E-state index is 13.1. The van der Waals surface area contributed by atoms with Crippen molar-refractivity contribution in [1.29, 1.82) is 0 Å². The number of amides is 1. The van der Waals surface area contributed by atoms with Gasteiger partial charge in [-0.3, -0.25) is 17.3 Å². The van der Waals surface area contributed by atoms with Gasteiger partial charge in [0.25, 0.3) is 36.3 Å². The van der Waals surface area contributed by atoms with Crippen LogP contribution in [0.2, 0.25) is 0 Å². The third kappa shape index (κ3) is 10.2. The monoisotopic (exact) mass is 607 g/mol. The number of hydrogen-bond donors (Lipinski definition) is 1. The zero-order chi connectivity index (χ0) is 28.8. The van der Waals surface area contributed by atoms with Crippen LogP contribution in [0.3, 0.4) is 0 Å². The van der Waals surface area contributed by atoms with E-state index in [9.17, 15) is 30.0 Å². The maximum Gasteiger partial charge on any atom is 0.264 e. The van der Waals surface area contributed by atoms with Crippen LogP contribution in [0.5, 0.6) is 0 Å². The Morgan fingerprint density at radius 3 is 1.87 bits per heavy atom. The van der Waals surface area contributed by atoms with Crippen molar-refractivity contribution < 1.29 is 52.1 Å². The van der Waals surface area contributed by atoms with Gasteiger partial charge in [0, 0.05) is 5.56 Å². The Hall–Kier alpha value is -2.44. The highest BCUT2D eigenvalue weighted by atomic mass is 32.2. The Balaban J connectivity index is 2.05. The van der Waals surface area contributed by atoms with Gasteiger partial charge in [-0.15, -0.1) is 0 Å². The predicted octanol–water partition coefficient (Wildman–Crippen LogP) is 0.393. The molecule has 2 aromatic carbocycles. The Kier molecular flexibility index (Phi) is 10.2. The molecule has 0 spiro atoms. The van der Waals surface area contributed by atoms with Crippen LogP contribution < -0.4 is 5.32 Å². The summed E-state index contributed by atoms with van der Waals surface area (Å²) in [7, 11) is -12.6. The lowest BCUT2D eigenvalue weighted by Gasteiger charge is -2.44. The molecule has 0 radical (unpaired) electrons. The molecule has 39 heavy (non-hydrogen) atoms. The Bertz CT molecular complexity index is 1430. The first-order chi connectivity index (χ1) is 18.1. The molecule has 0 unspecified atom stereocenters. The van der Waals surface area contributed by atoms with E-state index in [4.69, 9.17) is 22.0 Å². The molecule has 2 aromatic rings. The molecule has 0 bridgehead atoms. The third-order valence-corrected chi connectivity index (χ3v) is 6.96.